The monoisotopic (exact) mass is 580 g/mol. The van der Waals surface area contributed by atoms with Gasteiger partial charge in [0.15, 0.2) is 0 Å². The second-order valence-corrected chi connectivity index (χ2v) is 14.1. The van der Waals surface area contributed by atoms with Gasteiger partial charge in [0, 0.05) is 27.9 Å². The standard InChI is InChI=1S/C43H36N2/c1-6-27-32-19-21-38(25-15-17-30-28-11-7-9-13-34(28)42(2,3)36(30)23-25)44-40(32)41-33(27)20-22-39(45-41)26-16-18-31-29-12-8-10-14-35(29)43(4,5)37(31)24-26/h7-24,27H,6H2,1-5H3. The fraction of sp³-hybridized carbons (Fsp3) is 0.209. The van der Waals surface area contributed by atoms with E-state index in [1.54, 1.807) is 0 Å². The normalized spacial score (nSPS) is 16.0. The Balaban J connectivity index is 1.14. The molecule has 3 aliphatic carbocycles. The highest BCUT2D eigenvalue weighted by molar-refractivity contribution is 5.86. The summed E-state index contributed by atoms with van der Waals surface area (Å²) in [5, 5.41) is 0. The van der Waals surface area contributed by atoms with Crippen LogP contribution in [0.25, 0.3) is 56.2 Å². The molecule has 0 fully saturated rings. The Bertz CT molecular complexity index is 2060. The van der Waals surface area contributed by atoms with E-state index in [0.717, 1.165) is 40.3 Å². The van der Waals surface area contributed by atoms with Crippen LogP contribution in [0.1, 0.15) is 80.3 Å². The Labute approximate surface area is 265 Å². The van der Waals surface area contributed by atoms with Crippen molar-refractivity contribution in [3.05, 3.63) is 143 Å². The number of pyridine rings is 2. The zero-order chi connectivity index (χ0) is 30.7. The molecule has 3 aliphatic rings. The minimum absolute atomic E-state index is 0.0409. The van der Waals surface area contributed by atoms with E-state index in [-0.39, 0.29) is 10.8 Å². The number of rotatable bonds is 3. The van der Waals surface area contributed by atoms with E-state index in [2.05, 4.69) is 144 Å². The van der Waals surface area contributed by atoms with Gasteiger partial charge in [-0.15, -0.1) is 0 Å². The van der Waals surface area contributed by atoms with Crippen molar-refractivity contribution >= 4 is 0 Å². The lowest BCUT2D eigenvalue weighted by molar-refractivity contribution is 0.660. The van der Waals surface area contributed by atoms with E-state index in [9.17, 15) is 0 Å². The van der Waals surface area contributed by atoms with Gasteiger partial charge < -0.3 is 0 Å². The predicted molar refractivity (Wildman–Crippen MR) is 186 cm³/mol. The maximum Gasteiger partial charge on any atom is 0.0935 e. The molecule has 0 atom stereocenters. The molecule has 2 heterocycles. The molecule has 0 saturated heterocycles. The second kappa shape index (κ2) is 9.11. The van der Waals surface area contributed by atoms with Crippen LogP contribution in [0.15, 0.2) is 109 Å². The average molecular weight is 581 g/mol. The lowest BCUT2D eigenvalue weighted by atomic mass is 9.82. The quantitative estimate of drug-likeness (QED) is 0.208. The van der Waals surface area contributed by atoms with E-state index in [1.807, 2.05) is 0 Å². The Morgan fingerprint density at radius 2 is 0.911 bits per heavy atom. The summed E-state index contributed by atoms with van der Waals surface area (Å²) in [5.74, 6) is 0.319. The molecule has 0 spiro atoms. The highest BCUT2D eigenvalue weighted by atomic mass is 14.8. The van der Waals surface area contributed by atoms with Gasteiger partial charge in [-0.1, -0.05) is 120 Å². The van der Waals surface area contributed by atoms with E-state index < -0.39 is 0 Å². The van der Waals surface area contributed by atoms with Crippen molar-refractivity contribution in [3.8, 4) is 56.2 Å². The maximum absolute atomic E-state index is 5.37. The molecule has 0 amide bonds. The van der Waals surface area contributed by atoms with Crippen molar-refractivity contribution < 1.29 is 0 Å². The van der Waals surface area contributed by atoms with Crippen molar-refractivity contribution in [3.63, 3.8) is 0 Å². The molecule has 2 heteroatoms. The van der Waals surface area contributed by atoms with Crippen LogP contribution in [0.2, 0.25) is 0 Å². The first-order valence-corrected chi connectivity index (χ1v) is 16.3. The summed E-state index contributed by atoms with van der Waals surface area (Å²) in [6.45, 7) is 11.6. The molecule has 0 N–H and O–H groups in total. The topological polar surface area (TPSA) is 25.8 Å². The van der Waals surface area contributed by atoms with Crippen LogP contribution in [0.4, 0.5) is 0 Å². The number of hydrogen-bond donors (Lipinski definition) is 0. The molecule has 0 unspecified atom stereocenters. The predicted octanol–water partition coefficient (Wildman–Crippen LogP) is 10.9. The smallest absolute Gasteiger partial charge is 0.0935 e. The van der Waals surface area contributed by atoms with Crippen molar-refractivity contribution in [1.29, 1.82) is 0 Å². The van der Waals surface area contributed by atoms with Crippen LogP contribution in [-0.4, -0.2) is 9.97 Å². The fourth-order valence-electron chi connectivity index (χ4n) is 8.54. The summed E-state index contributed by atoms with van der Waals surface area (Å²) in [6, 6.07) is 40.5. The van der Waals surface area contributed by atoms with E-state index in [4.69, 9.17) is 9.97 Å². The highest BCUT2D eigenvalue weighted by Gasteiger charge is 2.37. The van der Waals surface area contributed by atoms with Gasteiger partial charge in [-0.3, -0.25) is 0 Å². The zero-order valence-electron chi connectivity index (χ0n) is 26.6. The first kappa shape index (κ1) is 26.6. The number of nitrogens with zero attached hydrogens (tertiary/aromatic N) is 2. The van der Waals surface area contributed by atoms with Crippen molar-refractivity contribution in [1.82, 2.24) is 9.97 Å². The zero-order valence-corrected chi connectivity index (χ0v) is 26.6. The minimum atomic E-state index is -0.0409. The van der Waals surface area contributed by atoms with Crippen LogP contribution >= 0.6 is 0 Å². The molecule has 4 aromatic carbocycles. The molecule has 2 nitrogen and oxygen atoms in total. The van der Waals surface area contributed by atoms with Gasteiger partial charge >= 0.3 is 0 Å². The minimum Gasteiger partial charge on any atom is -0.246 e. The second-order valence-electron chi connectivity index (χ2n) is 14.1. The molecule has 218 valence electrons. The summed E-state index contributed by atoms with van der Waals surface area (Å²) in [7, 11) is 0. The van der Waals surface area contributed by atoms with Crippen molar-refractivity contribution in [2.75, 3.05) is 0 Å². The lowest BCUT2D eigenvalue weighted by Gasteiger charge is -2.22. The molecule has 9 rings (SSSR count). The lowest BCUT2D eigenvalue weighted by Crippen LogP contribution is -2.15. The molecular weight excluding hydrogens is 544 g/mol. The summed E-state index contributed by atoms with van der Waals surface area (Å²) >= 11 is 0. The van der Waals surface area contributed by atoms with Crippen LogP contribution in [0, 0.1) is 0 Å². The fourth-order valence-corrected chi connectivity index (χ4v) is 8.54. The average Bonchev–Trinajstić information content (AvgIpc) is 3.60. The summed E-state index contributed by atoms with van der Waals surface area (Å²) in [4.78, 5) is 10.7. The highest BCUT2D eigenvalue weighted by Crippen LogP contribution is 2.52. The molecule has 45 heavy (non-hydrogen) atoms. The van der Waals surface area contributed by atoms with E-state index in [0.29, 0.717) is 5.92 Å². The molecule has 2 aromatic heterocycles. The Kier molecular flexibility index (Phi) is 5.38. The van der Waals surface area contributed by atoms with Gasteiger partial charge in [0.1, 0.15) is 0 Å². The molecular formula is C43H36N2. The summed E-state index contributed by atoms with van der Waals surface area (Å²) in [5.41, 5.74) is 19.8. The Morgan fingerprint density at radius 3 is 1.36 bits per heavy atom. The Morgan fingerprint density at radius 1 is 0.489 bits per heavy atom. The van der Waals surface area contributed by atoms with Gasteiger partial charge in [0.25, 0.3) is 0 Å². The van der Waals surface area contributed by atoms with Crippen LogP contribution < -0.4 is 0 Å². The van der Waals surface area contributed by atoms with Gasteiger partial charge in [-0.2, -0.15) is 0 Å². The van der Waals surface area contributed by atoms with E-state index >= 15 is 0 Å². The SMILES string of the molecule is CCC1c2ccc(-c3ccc4c(c3)C(C)(C)c3ccccc3-4)nc2-c2nc(-c3ccc4c(c3)C(C)(C)c3ccccc3-4)ccc21. The third-order valence-corrected chi connectivity index (χ3v) is 11.0. The largest absolute Gasteiger partial charge is 0.246 e. The van der Waals surface area contributed by atoms with Gasteiger partial charge in [-0.25, -0.2) is 9.97 Å². The molecule has 0 aliphatic heterocycles. The first-order chi connectivity index (χ1) is 21.8. The molecule has 0 saturated carbocycles. The number of hydrogen-bond acceptors (Lipinski definition) is 2. The van der Waals surface area contributed by atoms with E-state index in [1.165, 1.54) is 55.6 Å². The van der Waals surface area contributed by atoms with Crippen LogP contribution in [-0.2, 0) is 10.8 Å². The summed E-state index contributed by atoms with van der Waals surface area (Å²) in [6.07, 6.45) is 1.03. The molecule has 6 aromatic rings. The van der Waals surface area contributed by atoms with Gasteiger partial charge in [0.05, 0.1) is 22.8 Å². The van der Waals surface area contributed by atoms with Gasteiger partial charge in [0.2, 0.25) is 0 Å². The number of fused-ring (bicyclic) bond motifs is 9. The maximum atomic E-state index is 5.37. The third kappa shape index (κ3) is 3.57. The van der Waals surface area contributed by atoms with Gasteiger partial charge in [-0.05, 0) is 86.3 Å². The van der Waals surface area contributed by atoms with Crippen molar-refractivity contribution in [2.45, 2.75) is 57.8 Å². The first-order valence-electron chi connectivity index (χ1n) is 16.3. The van der Waals surface area contributed by atoms with Crippen molar-refractivity contribution in [2.24, 2.45) is 0 Å². The summed E-state index contributed by atoms with van der Waals surface area (Å²) < 4.78 is 0. The molecule has 0 bridgehead atoms. The number of benzene rings is 4. The van der Waals surface area contributed by atoms with Crippen LogP contribution in [0.3, 0.4) is 0 Å². The molecule has 0 radical (unpaired) electrons. The Hall–Kier alpha value is -4.82. The number of aromatic nitrogens is 2. The third-order valence-electron chi connectivity index (χ3n) is 11.0. The van der Waals surface area contributed by atoms with Crippen LogP contribution in [0.5, 0.6) is 0 Å².